The molecule has 0 atom stereocenters. The molecular formula is C16H18N2O4. The minimum atomic E-state index is -1.03. The zero-order valence-corrected chi connectivity index (χ0v) is 12.4. The first kappa shape index (κ1) is 14.6. The van der Waals surface area contributed by atoms with Gasteiger partial charge in [-0.05, 0) is 18.2 Å². The molecule has 1 aliphatic heterocycles. The number of likely N-dealkylation sites (N-methyl/N-ethyl adjacent to an activating group) is 1. The number of carbonyl (C=O) groups is 2. The maximum Gasteiger partial charge on any atom is 0.337 e. The smallest absolute Gasteiger partial charge is 0.337 e. The second kappa shape index (κ2) is 5.46. The summed E-state index contributed by atoms with van der Waals surface area (Å²) in [6, 6.07) is 5.15. The van der Waals surface area contributed by atoms with Crippen molar-refractivity contribution in [1.82, 2.24) is 9.47 Å². The average molecular weight is 302 g/mol. The predicted octanol–water partition coefficient (Wildman–Crippen LogP) is 1.80. The number of benzene rings is 1. The van der Waals surface area contributed by atoms with Gasteiger partial charge in [-0.1, -0.05) is 19.1 Å². The summed E-state index contributed by atoms with van der Waals surface area (Å²) in [7, 11) is 0. The van der Waals surface area contributed by atoms with Crippen LogP contribution in [-0.4, -0.2) is 44.7 Å². The van der Waals surface area contributed by atoms with E-state index in [1.54, 1.807) is 10.6 Å². The zero-order chi connectivity index (χ0) is 15.9. The first-order valence-electron chi connectivity index (χ1n) is 7.33. The highest BCUT2D eigenvalue weighted by Crippen LogP contribution is 2.33. The molecule has 0 spiro atoms. The van der Waals surface area contributed by atoms with Crippen LogP contribution >= 0.6 is 0 Å². The number of nitrogens with zero attached hydrogens (tertiary/aromatic N) is 2. The van der Waals surface area contributed by atoms with Crippen molar-refractivity contribution in [1.29, 1.82) is 0 Å². The summed E-state index contributed by atoms with van der Waals surface area (Å²) in [6.07, 6.45) is 0.740. The van der Waals surface area contributed by atoms with E-state index in [9.17, 15) is 19.8 Å². The molecule has 0 unspecified atom stereocenters. The highest BCUT2D eigenvalue weighted by molar-refractivity contribution is 6.04. The molecule has 0 amide bonds. The molecule has 3 rings (SSSR count). The van der Waals surface area contributed by atoms with Gasteiger partial charge < -0.3 is 14.8 Å². The molecule has 116 valence electrons. The van der Waals surface area contributed by atoms with Crippen LogP contribution in [-0.2, 0) is 24.3 Å². The van der Waals surface area contributed by atoms with Crippen LogP contribution in [0, 0.1) is 0 Å². The third-order valence-electron chi connectivity index (χ3n) is 4.32. The number of fused-ring (bicyclic) bond motifs is 3. The van der Waals surface area contributed by atoms with E-state index in [-0.39, 0.29) is 12.1 Å². The topological polar surface area (TPSA) is 82.8 Å². The Balaban J connectivity index is 2.30. The van der Waals surface area contributed by atoms with Crippen LogP contribution in [0.2, 0.25) is 0 Å². The lowest BCUT2D eigenvalue weighted by Crippen LogP contribution is -2.31. The van der Waals surface area contributed by atoms with Crippen LogP contribution < -0.4 is 0 Å². The molecule has 1 aliphatic rings. The van der Waals surface area contributed by atoms with Crippen molar-refractivity contribution in [3.05, 3.63) is 35.0 Å². The van der Waals surface area contributed by atoms with Crippen LogP contribution in [0.1, 0.15) is 28.5 Å². The van der Waals surface area contributed by atoms with Crippen LogP contribution in [0.15, 0.2) is 18.2 Å². The van der Waals surface area contributed by atoms with Gasteiger partial charge in [0.2, 0.25) is 0 Å². The lowest BCUT2D eigenvalue weighted by Gasteiger charge is -2.26. The molecule has 22 heavy (non-hydrogen) atoms. The van der Waals surface area contributed by atoms with Crippen molar-refractivity contribution in [2.75, 3.05) is 13.1 Å². The number of aromatic carboxylic acids is 1. The fraction of sp³-hybridized carbons (Fsp3) is 0.375. The van der Waals surface area contributed by atoms with Crippen molar-refractivity contribution >= 4 is 22.8 Å². The Morgan fingerprint density at radius 1 is 1.27 bits per heavy atom. The summed E-state index contributed by atoms with van der Waals surface area (Å²) in [5.41, 5.74) is 2.71. The second-order valence-corrected chi connectivity index (χ2v) is 5.53. The number of aromatic nitrogens is 1. The molecule has 0 bridgehead atoms. The highest BCUT2D eigenvalue weighted by atomic mass is 16.4. The second-order valence-electron chi connectivity index (χ2n) is 5.53. The van der Waals surface area contributed by atoms with Gasteiger partial charge in [0.1, 0.15) is 6.54 Å². The fourth-order valence-corrected chi connectivity index (χ4v) is 3.31. The van der Waals surface area contributed by atoms with Gasteiger partial charge in [0.25, 0.3) is 0 Å². The Hall–Kier alpha value is -2.34. The standard InChI is InChI=1S/C16H18N2O4/c1-2-17-7-6-13-12(8-17)10-4-3-5-11(16(21)22)15(10)18(13)9-14(19)20/h3-5H,2,6-9H2,1H3,(H,19,20)(H,21,22). The predicted molar refractivity (Wildman–Crippen MR) is 81.2 cm³/mol. The van der Waals surface area contributed by atoms with E-state index in [1.165, 1.54) is 6.07 Å². The monoisotopic (exact) mass is 302 g/mol. The lowest BCUT2D eigenvalue weighted by atomic mass is 10.0. The number of hydrogen-bond donors (Lipinski definition) is 2. The van der Waals surface area contributed by atoms with Crippen molar-refractivity contribution in [2.45, 2.75) is 26.4 Å². The van der Waals surface area contributed by atoms with Gasteiger partial charge in [0, 0.05) is 30.6 Å². The molecule has 6 nitrogen and oxygen atoms in total. The molecule has 0 aliphatic carbocycles. The normalized spacial score (nSPS) is 15.0. The third-order valence-corrected chi connectivity index (χ3v) is 4.32. The molecule has 1 aromatic heterocycles. The molecule has 1 aromatic carbocycles. The minimum absolute atomic E-state index is 0.163. The quantitative estimate of drug-likeness (QED) is 0.900. The first-order chi connectivity index (χ1) is 10.5. The van der Waals surface area contributed by atoms with E-state index in [4.69, 9.17) is 0 Å². The average Bonchev–Trinajstić information content (AvgIpc) is 2.80. The van der Waals surface area contributed by atoms with Gasteiger partial charge in [-0.2, -0.15) is 0 Å². The van der Waals surface area contributed by atoms with E-state index >= 15 is 0 Å². The Bertz CT molecular complexity index is 763. The Morgan fingerprint density at radius 3 is 2.68 bits per heavy atom. The largest absolute Gasteiger partial charge is 0.480 e. The molecular weight excluding hydrogens is 284 g/mol. The highest BCUT2D eigenvalue weighted by Gasteiger charge is 2.26. The summed E-state index contributed by atoms with van der Waals surface area (Å²) < 4.78 is 1.67. The Labute approximate surface area is 127 Å². The van der Waals surface area contributed by atoms with Gasteiger partial charge in [-0.25, -0.2) is 4.79 Å². The van der Waals surface area contributed by atoms with E-state index in [0.29, 0.717) is 5.52 Å². The summed E-state index contributed by atoms with van der Waals surface area (Å²) in [5, 5.41) is 19.5. The van der Waals surface area contributed by atoms with Gasteiger partial charge in [0.05, 0.1) is 11.1 Å². The molecule has 0 saturated carbocycles. The summed E-state index contributed by atoms with van der Waals surface area (Å²) in [4.78, 5) is 25.0. The van der Waals surface area contributed by atoms with E-state index in [1.807, 2.05) is 6.07 Å². The van der Waals surface area contributed by atoms with Crippen molar-refractivity contribution in [3.8, 4) is 0 Å². The van der Waals surface area contributed by atoms with Gasteiger partial charge in [0.15, 0.2) is 0 Å². The zero-order valence-electron chi connectivity index (χ0n) is 12.4. The SMILES string of the molecule is CCN1CCc2c(c3cccc(C(=O)O)c3n2CC(=O)O)C1. The minimum Gasteiger partial charge on any atom is -0.480 e. The molecule has 0 fully saturated rings. The van der Waals surface area contributed by atoms with Crippen LogP contribution in [0.25, 0.3) is 10.9 Å². The molecule has 2 heterocycles. The number of hydrogen-bond acceptors (Lipinski definition) is 3. The Morgan fingerprint density at radius 2 is 2.05 bits per heavy atom. The molecule has 2 N–H and O–H groups in total. The van der Waals surface area contributed by atoms with Crippen molar-refractivity contribution in [3.63, 3.8) is 0 Å². The van der Waals surface area contributed by atoms with Crippen LogP contribution in [0.4, 0.5) is 0 Å². The molecule has 6 heteroatoms. The van der Waals surface area contributed by atoms with E-state index in [0.717, 1.165) is 42.7 Å². The summed E-state index contributed by atoms with van der Waals surface area (Å²) in [6.45, 7) is 4.40. The first-order valence-corrected chi connectivity index (χ1v) is 7.33. The Kier molecular flexibility index (Phi) is 3.62. The summed E-state index contributed by atoms with van der Waals surface area (Å²) in [5.74, 6) is -1.99. The number of carboxylic acid groups (broad SMARTS) is 2. The van der Waals surface area contributed by atoms with E-state index < -0.39 is 11.9 Å². The third kappa shape index (κ3) is 2.25. The number of rotatable bonds is 4. The molecule has 0 radical (unpaired) electrons. The number of aliphatic carboxylic acids is 1. The van der Waals surface area contributed by atoms with E-state index in [2.05, 4.69) is 11.8 Å². The maximum atomic E-state index is 11.5. The maximum absolute atomic E-state index is 11.5. The van der Waals surface area contributed by atoms with Gasteiger partial charge >= 0.3 is 11.9 Å². The number of carboxylic acids is 2. The number of para-hydroxylation sites is 1. The lowest BCUT2D eigenvalue weighted by molar-refractivity contribution is -0.137. The van der Waals surface area contributed by atoms with Crippen LogP contribution in [0.3, 0.4) is 0 Å². The van der Waals surface area contributed by atoms with Gasteiger partial charge in [-0.15, -0.1) is 0 Å². The van der Waals surface area contributed by atoms with Gasteiger partial charge in [-0.3, -0.25) is 9.69 Å². The van der Waals surface area contributed by atoms with Crippen molar-refractivity contribution in [2.24, 2.45) is 0 Å². The molecule has 0 saturated heterocycles. The molecule has 2 aromatic rings. The fourth-order valence-electron chi connectivity index (χ4n) is 3.31. The van der Waals surface area contributed by atoms with Crippen molar-refractivity contribution < 1.29 is 19.8 Å². The summed E-state index contributed by atoms with van der Waals surface area (Å²) >= 11 is 0. The van der Waals surface area contributed by atoms with Crippen LogP contribution in [0.5, 0.6) is 0 Å².